The minimum absolute atomic E-state index is 0.0245. The van der Waals surface area contributed by atoms with E-state index in [-0.39, 0.29) is 23.6 Å². The fourth-order valence-electron chi connectivity index (χ4n) is 1.23. The second-order valence-electron chi connectivity index (χ2n) is 4.81. The number of nitro groups is 1. The first kappa shape index (κ1) is 15.3. The topological polar surface area (TPSA) is 154 Å². The summed E-state index contributed by atoms with van der Waals surface area (Å²) in [5, 5.41) is 13.1. The number of nitrogens with zero attached hydrogens (tertiary/aromatic N) is 2. The molecule has 0 atom stereocenters. The molecule has 0 aliphatic heterocycles. The van der Waals surface area contributed by atoms with Crippen molar-refractivity contribution >= 4 is 23.3 Å². The molecule has 1 aromatic rings. The van der Waals surface area contributed by atoms with E-state index >= 15 is 0 Å². The van der Waals surface area contributed by atoms with Gasteiger partial charge in [0.15, 0.2) is 0 Å². The van der Waals surface area contributed by atoms with E-state index in [9.17, 15) is 19.7 Å². The first-order valence-corrected chi connectivity index (χ1v) is 5.63. The SMILES string of the molecule is CC(C)(CNC(=O)c1cc([N+](=O)[O-])cnc1N)C(N)=O. The van der Waals surface area contributed by atoms with Crippen LogP contribution in [0.1, 0.15) is 24.2 Å². The monoisotopic (exact) mass is 281 g/mol. The lowest BCUT2D eigenvalue weighted by molar-refractivity contribution is -0.385. The predicted octanol–water partition coefficient (Wildman–Crippen LogP) is -0.187. The van der Waals surface area contributed by atoms with Crippen molar-refractivity contribution < 1.29 is 14.5 Å². The van der Waals surface area contributed by atoms with Crippen LogP contribution < -0.4 is 16.8 Å². The molecule has 0 bridgehead atoms. The molecule has 1 rings (SSSR count). The third kappa shape index (κ3) is 3.40. The molecule has 1 heterocycles. The molecule has 20 heavy (non-hydrogen) atoms. The number of primary amides is 1. The molecule has 2 amide bonds. The Morgan fingerprint density at radius 1 is 1.50 bits per heavy atom. The van der Waals surface area contributed by atoms with Crippen LogP contribution in [0.15, 0.2) is 12.3 Å². The molecule has 1 aromatic heterocycles. The number of aromatic nitrogens is 1. The lowest BCUT2D eigenvalue weighted by atomic mass is 9.92. The molecule has 108 valence electrons. The van der Waals surface area contributed by atoms with Gasteiger partial charge in [-0.3, -0.25) is 19.7 Å². The van der Waals surface area contributed by atoms with Crippen LogP contribution in [0.25, 0.3) is 0 Å². The number of carbonyl (C=O) groups excluding carboxylic acids is 2. The third-order valence-electron chi connectivity index (χ3n) is 2.72. The zero-order valence-corrected chi connectivity index (χ0v) is 11.0. The molecule has 9 nitrogen and oxygen atoms in total. The fourth-order valence-corrected chi connectivity index (χ4v) is 1.23. The summed E-state index contributed by atoms with van der Waals surface area (Å²) < 4.78 is 0. The van der Waals surface area contributed by atoms with Crippen LogP contribution in [0.3, 0.4) is 0 Å². The molecule has 0 unspecified atom stereocenters. The quantitative estimate of drug-likeness (QED) is 0.502. The zero-order chi connectivity index (χ0) is 15.5. The summed E-state index contributed by atoms with van der Waals surface area (Å²) in [6.07, 6.45) is 0.958. The highest BCUT2D eigenvalue weighted by Gasteiger charge is 2.26. The first-order valence-electron chi connectivity index (χ1n) is 5.63. The third-order valence-corrected chi connectivity index (χ3v) is 2.72. The highest BCUT2D eigenvalue weighted by Crippen LogP contribution is 2.17. The standard InChI is InChI=1S/C11H15N5O4/c1-11(2,10(13)18)5-15-9(17)7-3-6(16(19)20)4-14-8(7)12/h3-4H,5H2,1-2H3,(H2,12,14)(H2,13,18)(H,15,17). The molecule has 0 fully saturated rings. The van der Waals surface area contributed by atoms with Gasteiger partial charge in [-0.1, -0.05) is 0 Å². The molecule has 0 aromatic carbocycles. The molecule has 0 spiro atoms. The molecular weight excluding hydrogens is 266 g/mol. The van der Waals surface area contributed by atoms with Gasteiger partial charge in [-0.15, -0.1) is 0 Å². The van der Waals surface area contributed by atoms with E-state index in [1.807, 2.05) is 0 Å². The molecule has 0 saturated heterocycles. The van der Waals surface area contributed by atoms with E-state index in [1.165, 1.54) is 0 Å². The number of hydrogen-bond acceptors (Lipinski definition) is 6. The number of amides is 2. The summed E-state index contributed by atoms with van der Waals surface area (Å²) in [6, 6.07) is 1.02. The van der Waals surface area contributed by atoms with E-state index in [4.69, 9.17) is 11.5 Å². The number of pyridine rings is 1. The maximum Gasteiger partial charge on any atom is 0.288 e. The summed E-state index contributed by atoms with van der Waals surface area (Å²) in [5.41, 5.74) is 9.26. The highest BCUT2D eigenvalue weighted by molar-refractivity contribution is 5.99. The average Bonchev–Trinajstić information content (AvgIpc) is 2.36. The van der Waals surface area contributed by atoms with Crippen molar-refractivity contribution in [3.63, 3.8) is 0 Å². The van der Waals surface area contributed by atoms with Gasteiger partial charge >= 0.3 is 0 Å². The van der Waals surface area contributed by atoms with Crippen molar-refractivity contribution in [2.45, 2.75) is 13.8 Å². The van der Waals surface area contributed by atoms with Crippen molar-refractivity contribution in [2.24, 2.45) is 11.1 Å². The molecule has 9 heteroatoms. The lowest BCUT2D eigenvalue weighted by Crippen LogP contribution is -2.42. The van der Waals surface area contributed by atoms with Crippen molar-refractivity contribution in [3.05, 3.63) is 27.9 Å². The Balaban J connectivity index is 2.90. The van der Waals surface area contributed by atoms with Gasteiger partial charge in [0.05, 0.1) is 15.9 Å². The van der Waals surface area contributed by atoms with Crippen LogP contribution in [0.2, 0.25) is 0 Å². The van der Waals surface area contributed by atoms with Gasteiger partial charge in [-0.05, 0) is 13.8 Å². The zero-order valence-electron chi connectivity index (χ0n) is 11.0. The van der Waals surface area contributed by atoms with E-state index in [2.05, 4.69) is 10.3 Å². The van der Waals surface area contributed by atoms with Gasteiger partial charge in [0.2, 0.25) is 5.91 Å². The second kappa shape index (κ2) is 5.51. The van der Waals surface area contributed by atoms with Gasteiger partial charge in [0, 0.05) is 12.6 Å². The Labute approximate surface area is 114 Å². The number of nitrogens with two attached hydrogens (primary N) is 2. The van der Waals surface area contributed by atoms with Crippen LogP contribution in [-0.4, -0.2) is 28.3 Å². The summed E-state index contributed by atoms with van der Waals surface area (Å²) in [5.74, 6) is -1.37. The van der Waals surface area contributed by atoms with E-state index in [0.29, 0.717) is 0 Å². The minimum Gasteiger partial charge on any atom is -0.383 e. The molecule has 0 saturated carbocycles. The smallest absolute Gasteiger partial charge is 0.288 e. The van der Waals surface area contributed by atoms with Gasteiger partial charge in [-0.2, -0.15) is 0 Å². The fraction of sp³-hybridized carbons (Fsp3) is 0.364. The number of hydrogen-bond donors (Lipinski definition) is 3. The first-order chi connectivity index (χ1) is 9.15. The van der Waals surface area contributed by atoms with Crippen LogP contribution in [0, 0.1) is 15.5 Å². The van der Waals surface area contributed by atoms with Gasteiger partial charge in [0.25, 0.3) is 11.6 Å². The lowest BCUT2D eigenvalue weighted by Gasteiger charge is -2.20. The van der Waals surface area contributed by atoms with E-state index in [0.717, 1.165) is 12.3 Å². The van der Waals surface area contributed by atoms with Crippen LogP contribution in [0.5, 0.6) is 0 Å². The number of nitrogens with one attached hydrogen (secondary N) is 1. The van der Waals surface area contributed by atoms with Crippen molar-refractivity contribution in [1.29, 1.82) is 0 Å². The summed E-state index contributed by atoms with van der Waals surface area (Å²) in [7, 11) is 0. The predicted molar refractivity (Wildman–Crippen MR) is 70.6 cm³/mol. The molecule has 0 radical (unpaired) electrons. The number of rotatable bonds is 5. The maximum atomic E-state index is 11.9. The largest absolute Gasteiger partial charge is 0.383 e. The Morgan fingerprint density at radius 3 is 2.60 bits per heavy atom. The van der Waals surface area contributed by atoms with Crippen molar-refractivity contribution in [3.8, 4) is 0 Å². The Bertz CT molecular complexity index is 570. The number of nitrogen functional groups attached to an aromatic ring is 1. The van der Waals surface area contributed by atoms with Crippen molar-refractivity contribution in [1.82, 2.24) is 10.3 Å². The normalized spacial score (nSPS) is 10.9. The Morgan fingerprint density at radius 2 is 2.10 bits per heavy atom. The van der Waals surface area contributed by atoms with Gasteiger partial charge < -0.3 is 16.8 Å². The summed E-state index contributed by atoms with van der Waals surface area (Å²) in [6.45, 7) is 3.10. The average molecular weight is 281 g/mol. The maximum absolute atomic E-state index is 11.9. The number of carbonyl (C=O) groups is 2. The summed E-state index contributed by atoms with van der Waals surface area (Å²) >= 11 is 0. The van der Waals surface area contributed by atoms with Gasteiger partial charge in [-0.25, -0.2) is 4.98 Å². The second-order valence-corrected chi connectivity index (χ2v) is 4.81. The van der Waals surface area contributed by atoms with E-state index < -0.39 is 22.2 Å². The minimum atomic E-state index is -0.946. The number of anilines is 1. The highest BCUT2D eigenvalue weighted by atomic mass is 16.6. The molecule has 0 aliphatic rings. The molecule has 0 aliphatic carbocycles. The Hall–Kier alpha value is -2.71. The van der Waals surface area contributed by atoms with Crippen LogP contribution >= 0.6 is 0 Å². The summed E-state index contributed by atoms with van der Waals surface area (Å²) in [4.78, 5) is 36.6. The van der Waals surface area contributed by atoms with Gasteiger partial charge in [0.1, 0.15) is 12.0 Å². The van der Waals surface area contributed by atoms with Crippen molar-refractivity contribution in [2.75, 3.05) is 12.3 Å². The van der Waals surface area contributed by atoms with E-state index in [1.54, 1.807) is 13.8 Å². The molecule has 5 N–H and O–H groups in total. The molecular formula is C11H15N5O4. The van der Waals surface area contributed by atoms with Crippen LogP contribution in [0.4, 0.5) is 11.5 Å². The Kier molecular flexibility index (Phi) is 4.23. The van der Waals surface area contributed by atoms with Crippen LogP contribution in [-0.2, 0) is 4.79 Å².